The zero-order chi connectivity index (χ0) is 23.0. The Morgan fingerprint density at radius 1 is 1.21 bits per heavy atom. The van der Waals surface area contributed by atoms with Crippen LogP contribution in [0.4, 0.5) is 4.39 Å². The van der Waals surface area contributed by atoms with Crippen molar-refractivity contribution in [2.24, 2.45) is 0 Å². The molecule has 2 aliphatic heterocycles. The van der Waals surface area contributed by atoms with E-state index in [1.165, 1.54) is 31.4 Å². The molecule has 0 unspecified atom stereocenters. The van der Waals surface area contributed by atoms with Crippen LogP contribution >= 0.6 is 0 Å². The van der Waals surface area contributed by atoms with Crippen LogP contribution < -0.4 is 5.32 Å². The highest BCUT2D eigenvalue weighted by atomic mass is 19.1. The molecule has 1 aromatic heterocycles. The third-order valence-corrected chi connectivity index (χ3v) is 6.58. The molecule has 0 saturated carbocycles. The third kappa shape index (κ3) is 6.82. The molecule has 8 nitrogen and oxygen atoms in total. The van der Waals surface area contributed by atoms with Crippen molar-refractivity contribution in [2.45, 2.75) is 69.7 Å². The lowest BCUT2D eigenvalue weighted by molar-refractivity contribution is -0.129. The van der Waals surface area contributed by atoms with Gasteiger partial charge in [-0.3, -0.25) is 9.48 Å². The zero-order valence-electron chi connectivity index (χ0n) is 19.0. The van der Waals surface area contributed by atoms with Crippen LogP contribution in [0.1, 0.15) is 44.9 Å². The number of carbonyl (C=O) groups is 1. The summed E-state index contributed by atoms with van der Waals surface area (Å²) in [6.45, 7) is 3.44. The molecule has 0 radical (unpaired) electrons. The molecule has 3 heterocycles. The summed E-state index contributed by atoms with van der Waals surface area (Å²) in [6, 6.07) is 6.12. The Morgan fingerprint density at radius 2 is 2.06 bits per heavy atom. The van der Waals surface area contributed by atoms with E-state index in [-0.39, 0.29) is 30.5 Å². The maximum atomic E-state index is 13.4. The molecular weight excluding hydrogens is 425 g/mol. The molecule has 33 heavy (non-hydrogen) atoms. The number of aromatic nitrogens is 3. The maximum Gasteiger partial charge on any atom is 0.221 e. The number of ether oxygens (including phenoxy) is 1. The molecule has 2 saturated heterocycles. The molecule has 2 aromatic rings. The molecule has 3 atom stereocenters. The minimum absolute atomic E-state index is 0.0227. The summed E-state index contributed by atoms with van der Waals surface area (Å²) in [5.41, 5.74) is 1.31. The first kappa shape index (κ1) is 23.8. The van der Waals surface area contributed by atoms with Gasteiger partial charge in [-0.2, -0.15) is 0 Å². The van der Waals surface area contributed by atoms with Gasteiger partial charge in [-0.05, 0) is 57.3 Å². The van der Waals surface area contributed by atoms with Crippen LogP contribution in [-0.4, -0.2) is 75.4 Å². The normalized spacial score (nSPS) is 24.0. The van der Waals surface area contributed by atoms with E-state index in [0.29, 0.717) is 24.2 Å². The summed E-state index contributed by atoms with van der Waals surface area (Å²) >= 11 is 0. The fourth-order valence-electron chi connectivity index (χ4n) is 4.69. The van der Waals surface area contributed by atoms with Gasteiger partial charge in [0.15, 0.2) is 0 Å². The van der Waals surface area contributed by atoms with Gasteiger partial charge in [0.2, 0.25) is 5.91 Å². The first-order valence-corrected chi connectivity index (χ1v) is 12.0. The van der Waals surface area contributed by atoms with Crippen molar-refractivity contribution >= 4 is 5.91 Å². The van der Waals surface area contributed by atoms with E-state index in [9.17, 15) is 14.3 Å². The summed E-state index contributed by atoms with van der Waals surface area (Å²) in [5.74, 6) is -0.278. The van der Waals surface area contributed by atoms with Gasteiger partial charge in [-0.15, -0.1) is 5.10 Å². The van der Waals surface area contributed by atoms with Gasteiger partial charge in [0.25, 0.3) is 0 Å². The first-order valence-electron chi connectivity index (χ1n) is 12.0. The van der Waals surface area contributed by atoms with Crippen molar-refractivity contribution in [3.63, 3.8) is 0 Å². The molecule has 4 rings (SSSR count). The molecular formula is C24H34FN5O3. The van der Waals surface area contributed by atoms with Crippen molar-refractivity contribution < 1.29 is 19.0 Å². The average Bonchev–Trinajstić information content (AvgIpc) is 3.32. The van der Waals surface area contributed by atoms with E-state index in [1.807, 2.05) is 0 Å². The minimum atomic E-state index is -0.402. The van der Waals surface area contributed by atoms with Crippen molar-refractivity contribution in [3.05, 3.63) is 36.3 Å². The highest BCUT2D eigenvalue weighted by molar-refractivity contribution is 5.76. The number of piperidine rings is 1. The van der Waals surface area contributed by atoms with Crippen molar-refractivity contribution in [1.82, 2.24) is 25.2 Å². The fourth-order valence-corrected chi connectivity index (χ4v) is 4.69. The average molecular weight is 460 g/mol. The number of rotatable bonds is 9. The van der Waals surface area contributed by atoms with Gasteiger partial charge in [-0.1, -0.05) is 23.8 Å². The second-order valence-electron chi connectivity index (χ2n) is 9.05. The number of hydrogen-bond acceptors (Lipinski definition) is 6. The van der Waals surface area contributed by atoms with Gasteiger partial charge in [0, 0.05) is 25.1 Å². The molecule has 0 spiro atoms. The van der Waals surface area contributed by atoms with E-state index >= 15 is 0 Å². The quantitative estimate of drug-likeness (QED) is 0.598. The maximum absolute atomic E-state index is 13.4. The molecule has 2 N–H and O–H groups in total. The second kappa shape index (κ2) is 11.7. The lowest BCUT2D eigenvalue weighted by atomic mass is 9.97. The number of likely N-dealkylation sites (tertiary alicyclic amines) is 1. The molecule has 2 fully saturated rings. The Labute approximate surface area is 194 Å². The van der Waals surface area contributed by atoms with Crippen LogP contribution in [0.3, 0.4) is 0 Å². The van der Waals surface area contributed by atoms with Crippen LogP contribution in [0.5, 0.6) is 0 Å². The van der Waals surface area contributed by atoms with Crippen LogP contribution in [0.2, 0.25) is 0 Å². The Hall–Kier alpha value is -2.36. The summed E-state index contributed by atoms with van der Waals surface area (Å²) in [7, 11) is 0. The standard InChI is InChI=1S/C24H34FN5O3/c25-19-6-4-5-18(15-19)22-16-30(28-27-22)14-9-20-7-8-21(23(17-31)33-20)26-24(32)10-13-29-11-2-1-3-12-29/h4-6,15-16,20-21,23,31H,1-3,7-14,17H2,(H,26,32)/t20-,21+,23+/m1/s1. The third-order valence-electron chi connectivity index (χ3n) is 6.58. The fraction of sp³-hybridized carbons (Fsp3) is 0.625. The van der Waals surface area contributed by atoms with E-state index < -0.39 is 6.10 Å². The SMILES string of the molecule is O=C(CCN1CCCCC1)N[C@H]1CC[C@H](CCn2cc(-c3cccc(F)c3)nn2)O[C@H]1CO. The van der Waals surface area contributed by atoms with E-state index in [4.69, 9.17) is 4.74 Å². The summed E-state index contributed by atoms with van der Waals surface area (Å²) in [4.78, 5) is 14.8. The Bertz CT molecular complexity index is 902. The summed E-state index contributed by atoms with van der Waals surface area (Å²) in [6.07, 6.45) is 7.87. The van der Waals surface area contributed by atoms with Crippen molar-refractivity contribution in [1.29, 1.82) is 0 Å². The predicted octanol–water partition coefficient (Wildman–Crippen LogP) is 2.38. The van der Waals surface area contributed by atoms with Gasteiger partial charge in [0.05, 0.1) is 24.9 Å². The topological polar surface area (TPSA) is 92.5 Å². The number of benzene rings is 1. The highest BCUT2D eigenvalue weighted by Crippen LogP contribution is 2.23. The number of halogens is 1. The molecule has 0 aliphatic carbocycles. The molecule has 2 aliphatic rings. The Morgan fingerprint density at radius 3 is 2.85 bits per heavy atom. The zero-order valence-corrected chi connectivity index (χ0v) is 19.0. The molecule has 9 heteroatoms. The van der Waals surface area contributed by atoms with Crippen LogP contribution in [0.15, 0.2) is 30.5 Å². The number of nitrogens with zero attached hydrogens (tertiary/aromatic N) is 4. The van der Waals surface area contributed by atoms with Gasteiger partial charge >= 0.3 is 0 Å². The Balaban J connectivity index is 1.21. The lowest BCUT2D eigenvalue weighted by Gasteiger charge is -2.36. The lowest BCUT2D eigenvalue weighted by Crippen LogP contribution is -2.51. The molecule has 1 amide bonds. The summed E-state index contributed by atoms with van der Waals surface area (Å²) in [5, 5.41) is 21.2. The number of amides is 1. The number of aliphatic hydroxyl groups is 1. The molecule has 1 aromatic carbocycles. The number of hydrogen-bond donors (Lipinski definition) is 2. The molecule has 0 bridgehead atoms. The highest BCUT2D eigenvalue weighted by Gasteiger charge is 2.31. The Kier molecular flexibility index (Phi) is 8.41. The predicted molar refractivity (Wildman–Crippen MR) is 122 cm³/mol. The van der Waals surface area contributed by atoms with Crippen LogP contribution in [0.25, 0.3) is 11.3 Å². The monoisotopic (exact) mass is 459 g/mol. The first-order chi connectivity index (χ1) is 16.1. The number of aryl methyl sites for hydroxylation is 1. The number of carbonyl (C=O) groups excluding carboxylic acids is 1. The van der Waals surface area contributed by atoms with Gasteiger partial charge in [-0.25, -0.2) is 4.39 Å². The van der Waals surface area contributed by atoms with E-state index in [2.05, 4.69) is 20.5 Å². The minimum Gasteiger partial charge on any atom is -0.394 e. The van der Waals surface area contributed by atoms with Crippen LogP contribution in [0, 0.1) is 5.82 Å². The number of nitrogens with one attached hydrogen (secondary N) is 1. The van der Waals surface area contributed by atoms with Gasteiger partial charge < -0.3 is 20.1 Å². The molecule has 180 valence electrons. The van der Waals surface area contributed by atoms with Gasteiger partial charge in [0.1, 0.15) is 17.6 Å². The van der Waals surface area contributed by atoms with Crippen molar-refractivity contribution in [3.8, 4) is 11.3 Å². The summed E-state index contributed by atoms with van der Waals surface area (Å²) < 4.78 is 21.3. The smallest absolute Gasteiger partial charge is 0.221 e. The largest absolute Gasteiger partial charge is 0.394 e. The second-order valence-corrected chi connectivity index (χ2v) is 9.05. The van der Waals surface area contributed by atoms with E-state index in [1.54, 1.807) is 23.0 Å². The van der Waals surface area contributed by atoms with Crippen LogP contribution in [-0.2, 0) is 16.1 Å². The number of aliphatic hydroxyl groups excluding tert-OH is 1. The van der Waals surface area contributed by atoms with E-state index in [0.717, 1.165) is 38.9 Å². The van der Waals surface area contributed by atoms with Crippen molar-refractivity contribution in [2.75, 3.05) is 26.2 Å².